The average Bonchev–Trinajstić information content (AvgIpc) is 3.23. The lowest BCUT2D eigenvalue weighted by Crippen LogP contribution is -2.46. The first-order chi connectivity index (χ1) is 14.6. The van der Waals surface area contributed by atoms with E-state index < -0.39 is 4.92 Å². The van der Waals surface area contributed by atoms with Crippen LogP contribution in [-0.2, 0) is 0 Å². The van der Waals surface area contributed by atoms with Gasteiger partial charge in [-0.1, -0.05) is 0 Å². The Balaban J connectivity index is 1.61. The van der Waals surface area contributed by atoms with E-state index in [0.717, 1.165) is 5.69 Å². The highest BCUT2D eigenvalue weighted by molar-refractivity contribution is 5.99. The number of nitrogens with zero attached hydrogens (tertiary/aromatic N) is 5. The van der Waals surface area contributed by atoms with Crippen LogP contribution in [0.1, 0.15) is 6.42 Å². The molecule has 4 rings (SSSR count). The maximum Gasteiger partial charge on any atom is 0.323 e. The summed E-state index contributed by atoms with van der Waals surface area (Å²) in [7, 11) is 0. The quantitative estimate of drug-likeness (QED) is 0.340. The number of halogens is 1. The van der Waals surface area contributed by atoms with Gasteiger partial charge in [0.05, 0.1) is 10.6 Å². The van der Waals surface area contributed by atoms with E-state index in [1.54, 1.807) is 18.2 Å². The summed E-state index contributed by atoms with van der Waals surface area (Å²) in [6.07, 6.45) is 0.456. The van der Waals surface area contributed by atoms with Gasteiger partial charge in [0.25, 0.3) is 0 Å². The molecule has 10 nitrogen and oxygen atoms in total. The van der Waals surface area contributed by atoms with Crippen molar-refractivity contribution < 1.29 is 19.0 Å². The predicted molar refractivity (Wildman–Crippen MR) is 109 cm³/mol. The Morgan fingerprint density at radius 3 is 2.47 bits per heavy atom. The first-order valence-electron chi connectivity index (χ1n) is 9.62. The van der Waals surface area contributed by atoms with Crippen LogP contribution < -0.4 is 15.1 Å². The minimum absolute atomic E-state index is 0.0211. The highest BCUT2D eigenvalue weighted by Crippen LogP contribution is 2.38. The molecule has 2 aromatic carbocycles. The minimum atomic E-state index is -0.510. The molecule has 0 amide bonds. The second-order valence-electron chi connectivity index (χ2n) is 6.96. The summed E-state index contributed by atoms with van der Waals surface area (Å²) in [6.45, 7) is 3.05. The van der Waals surface area contributed by atoms with Crippen LogP contribution >= 0.6 is 0 Å². The average molecular weight is 416 g/mol. The molecule has 1 fully saturated rings. The summed E-state index contributed by atoms with van der Waals surface area (Å²) >= 11 is 0. The zero-order chi connectivity index (χ0) is 21.1. The molecule has 30 heavy (non-hydrogen) atoms. The van der Waals surface area contributed by atoms with E-state index in [1.807, 2.05) is 0 Å². The summed E-state index contributed by atoms with van der Waals surface area (Å²) in [5.74, 6) is -0.273. The van der Waals surface area contributed by atoms with Gasteiger partial charge in [-0.15, -0.1) is 0 Å². The van der Waals surface area contributed by atoms with Gasteiger partial charge in [0.15, 0.2) is 5.52 Å². The predicted octanol–water partition coefficient (Wildman–Crippen LogP) is 2.39. The molecule has 0 radical (unpaired) electrons. The third kappa shape index (κ3) is 3.83. The Kier molecular flexibility index (Phi) is 5.61. The van der Waals surface area contributed by atoms with Gasteiger partial charge in [0.2, 0.25) is 5.52 Å². The fourth-order valence-corrected chi connectivity index (χ4v) is 3.63. The maximum absolute atomic E-state index is 13.2. The Labute approximate surface area is 171 Å². The Hall–Kier alpha value is -3.47. The van der Waals surface area contributed by atoms with Gasteiger partial charge in [0.1, 0.15) is 11.5 Å². The normalized spacial score (nSPS) is 14.3. The lowest BCUT2D eigenvalue weighted by Gasteiger charge is -2.37. The third-order valence-corrected chi connectivity index (χ3v) is 5.14. The van der Waals surface area contributed by atoms with Crippen LogP contribution in [0.2, 0.25) is 0 Å². The second-order valence-corrected chi connectivity index (χ2v) is 6.96. The molecule has 11 heteroatoms. The van der Waals surface area contributed by atoms with Gasteiger partial charge in [-0.2, -0.15) is 0 Å². The number of nitro groups is 1. The highest BCUT2D eigenvalue weighted by atomic mass is 19.1. The monoisotopic (exact) mass is 416 g/mol. The van der Waals surface area contributed by atoms with Gasteiger partial charge in [-0.25, -0.2) is 9.02 Å². The van der Waals surface area contributed by atoms with Gasteiger partial charge < -0.3 is 20.2 Å². The molecule has 158 valence electrons. The van der Waals surface area contributed by atoms with E-state index in [9.17, 15) is 14.5 Å². The van der Waals surface area contributed by atoms with Crippen molar-refractivity contribution in [2.75, 3.05) is 54.4 Å². The number of hydrogen-bond donors (Lipinski definition) is 2. The molecule has 2 N–H and O–H groups in total. The summed E-state index contributed by atoms with van der Waals surface area (Å²) in [4.78, 5) is 15.4. The smallest absolute Gasteiger partial charge is 0.323 e. The number of piperazine rings is 1. The Morgan fingerprint density at radius 1 is 1.13 bits per heavy atom. The third-order valence-electron chi connectivity index (χ3n) is 5.14. The van der Waals surface area contributed by atoms with Gasteiger partial charge in [-0.05, 0) is 47.1 Å². The zero-order valence-corrected chi connectivity index (χ0v) is 16.1. The molecule has 0 spiro atoms. The number of aliphatic hydroxyl groups excluding tert-OH is 1. The molecule has 1 aromatic heterocycles. The van der Waals surface area contributed by atoms with Crippen molar-refractivity contribution in [2.45, 2.75) is 6.42 Å². The van der Waals surface area contributed by atoms with Crippen LogP contribution in [0.4, 0.5) is 27.1 Å². The molecule has 0 unspecified atom stereocenters. The van der Waals surface area contributed by atoms with E-state index in [4.69, 9.17) is 9.74 Å². The first kappa shape index (κ1) is 19.8. The molecule has 0 atom stereocenters. The van der Waals surface area contributed by atoms with Crippen molar-refractivity contribution in [1.29, 1.82) is 0 Å². The summed E-state index contributed by atoms with van der Waals surface area (Å²) in [5, 5.41) is 31.3. The fourth-order valence-electron chi connectivity index (χ4n) is 3.63. The van der Waals surface area contributed by atoms with E-state index in [0.29, 0.717) is 56.0 Å². The van der Waals surface area contributed by atoms with Crippen molar-refractivity contribution in [2.24, 2.45) is 0 Å². The van der Waals surface area contributed by atoms with Crippen molar-refractivity contribution in [3.63, 3.8) is 0 Å². The molecule has 1 aliphatic heterocycles. The number of anilines is 3. The molecule has 3 aromatic rings. The highest BCUT2D eigenvalue weighted by Gasteiger charge is 2.29. The van der Waals surface area contributed by atoms with Gasteiger partial charge >= 0.3 is 5.69 Å². The largest absolute Gasteiger partial charge is 0.396 e. The lowest BCUT2D eigenvalue weighted by atomic mass is 10.1. The maximum atomic E-state index is 13.2. The molecule has 2 heterocycles. The number of benzene rings is 2. The molecule has 0 saturated carbocycles. The van der Waals surface area contributed by atoms with Crippen LogP contribution in [0.3, 0.4) is 0 Å². The van der Waals surface area contributed by atoms with Gasteiger partial charge in [-0.3, -0.25) is 10.1 Å². The molecular formula is C19H21FN6O4. The molecule has 0 aliphatic carbocycles. The second kappa shape index (κ2) is 8.49. The van der Waals surface area contributed by atoms with Crippen molar-refractivity contribution in [3.8, 4) is 0 Å². The van der Waals surface area contributed by atoms with Crippen LogP contribution in [0.5, 0.6) is 0 Å². The van der Waals surface area contributed by atoms with Crippen molar-refractivity contribution >= 4 is 33.8 Å². The number of hydrogen-bond acceptors (Lipinski definition) is 9. The number of rotatable bonds is 7. The van der Waals surface area contributed by atoms with Crippen molar-refractivity contribution in [3.05, 3.63) is 46.3 Å². The number of fused-ring (bicyclic) bond motifs is 1. The minimum Gasteiger partial charge on any atom is -0.396 e. The standard InChI is InChI=1S/C19H21FN6O4/c20-13-2-4-14(5-3-13)24-7-9-25(10-8-24)16-12-15(21-6-1-11-27)19(26(28)29)18-17(16)22-30-23-18/h2-5,12,21,27H,1,6-11H2. The van der Waals surface area contributed by atoms with Gasteiger partial charge in [0, 0.05) is 45.0 Å². The van der Waals surface area contributed by atoms with E-state index in [2.05, 4.69) is 25.4 Å². The molecule has 1 aliphatic rings. The van der Waals surface area contributed by atoms with Crippen LogP contribution in [0.15, 0.2) is 35.0 Å². The first-order valence-corrected chi connectivity index (χ1v) is 9.62. The summed E-state index contributed by atoms with van der Waals surface area (Å²) in [6, 6.07) is 8.06. The Morgan fingerprint density at radius 2 is 1.80 bits per heavy atom. The van der Waals surface area contributed by atoms with Crippen molar-refractivity contribution in [1.82, 2.24) is 10.3 Å². The number of nitrogens with one attached hydrogen (secondary N) is 1. The molecule has 0 bridgehead atoms. The van der Waals surface area contributed by atoms with E-state index >= 15 is 0 Å². The number of nitro benzene ring substituents is 1. The van der Waals surface area contributed by atoms with E-state index in [1.165, 1.54) is 12.1 Å². The summed E-state index contributed by atoms with van der Waals surface area (Å²) < 4.78 is 18.0. The van der Waals surface area contributed by atoms with Crippen LogP contribution in [-0.4, -0.2) is 59.7 Å². The fraction of sp³-hybridized carbons (Fsp3) is 0.368. The number of aliphatic hydroxyl groups is 1. The molecular weight excluding hydrogens is 395 g/mol. The number of aromatic nitrogens is 2. The Bertz CT molecular complexity index is 1030. The lowest BCUT2D eigenvalue weighted by molar-refractivity contribution is -0.382. The van der Waals surface area contributed by atoms with Crippen LogP contribution in [0, 0.1) is 15.9 Å². The zero-order valence-electron chi connectivity index (χ0n) is 16.1. The summed E-state index contributed by atoms with van der Waals surface area (Å²) in [5.41, 5.74) is 2.18. The SMILES string of the molecule is O=[N+]([O-])c1c(NCCCO)cc(N2CCN(c3ccc(F)cc3)CC2)c2nonc12. The molecule has 1 saturated heterocycles. The van der Waals surface area contributed by atoms with E-state index in [-0.39, 0.29) is 23.6 Å². The topological polar surface area (TPSA) is 121 Å². The van der Waals surface area contributed by atoms with Crippen LogP contribution in [0.25, 0.3) is 11.0 Å².